The standard InChI is InChI=1S/C26H46N6O9/c1-12(2)9-17(30-22(36)15(27)11-20(34)35)24(38)29-16(7-8-19(28)33)23(37)32-21(14(5)6)25(39)31-18(26(40)41)10-13(3)4/h12-18,21H,7-11,27H2,1-6H3,(H2,28,33)(H,29,38)(H,30,36)(H,31,39)(H,32,37)(H,34,35)(H,40,41). The molecule has 0 aliphatic rings. The molecule has 0 aromatic rings. The molecule has 0 aromatic heterocycles. The van der Waals surface area contributed by atoms with E-state index in [9.17, 15) is 38.7 Å². The Morgan fingerprint density at radius 3 is 1.56 bits per heavy atom. The summed E-state index contributed by atoms with van der Waals surface area (Å²) in [6.45, 7) is 10.4. The maximum absolute atomic E-state index is 13.3. The van der Waals surface area contributed by atoms with Gasteiger partial charge >= 0.3 is 11.9 Å². The molecular weight excluding hydrogens is 540 g/mol. The zero-order valence-electron chi connectivity index (χ0n) is 24.6. The second kappa shape index (κ2) is 17.8. The van der Waals surface area contributed by atoms with Gasteiger partial charge in [-0.3, -0.25) is 28.8 Å². The topological polar surface area (TPSA) is 260 Å². The zero-order chi connectivity index (χ0) is 32.0. The highest BCUT2D eigenvalue weighted by molar-refractivity contribution is 5.96. The van der Waals surface area contributed by atoms with Crippen molar-refractivity contribution < 1.29 is 43.8 Å². The van der Waals surface area contributed by atoms with Gasteiger partial charge in [-0.2, -0.15) is 0 Å². The van der Waals surface area contributed by atoms with Crippen molar-refractivity contribution in [3.63, 3.8) is 0 Å². The largest absolute Gasteiger partial charge is 0.481 e. The van der Waals surface area contributed by atoms with Crippen LogP contribution in [-0.2, 0) is 33.6 Å². The maximum Gasteiger partial charge on any atom is 0.326 e. The van der Waals surface area contributed by atoms with Crippen LogP contribution in [0.15, 0.2) is 0 Å². The Morgan fingerprint density at radius 1 is 0.659 bits per heavy atom. The molecule has 0 aromatic carbocycles. The van der Waals surface area contributed by atoms with Crippen molar-refractivity contribution in [3.05, 3.63) is 0 Å². The zero-order valence-corrected chi connectivity index (χ0v) is 24.6. The molecule has 0 saturated carbocycles. The van der Waals surface area contributed by atoms with E-state index in [0.29, 0.717) is 0 Å². The lowest BCUT2D eigenvalue weighted by Gasteiger charge is -2.28. The van der Waals surface area contributed by atoms with Crippen LogP contribution in [0.3, 0.4) is 0 Å². The predicted molar refractivity (Wildman–Crippen MR) is 148 cm³/mol. The number of nitrogens with one attached hydrogen (secondary N) is 4. The SMILES string of the molecule is CC(C)CC(NC(=O)C(NC(=O)C(CCC(N)=O)NC(=O)C(CC(C)C)NC(=O)C(N)CC(=O)O)C(C)C)C(=O)O. The molecule has 0 aliphatic carbocycles. The van der Waals surface area contributed by atoms with Crippen LogP contribution in [0.5, 0.6) is 0 Å². The third kappa shape index (κ3) is 15.0. The average molecular weight is 587 g/mol. The van der Waals surface area contributed by atoms with E-state index in [0.717, 1.165) is 0 Å². The van der Waals surface area contributed by atoms with Crippen molar-refractivity contribution in [2.24, 2.45) is 29.2 Å². The Labute approximate surface area is 239 Å². The summed E-state index contributed by atoms with van der Waals surface area (Å²) in [4.78, 5) is 85.8. The normalized spacial score (nSPS) is 14.9. The highest BCUT2D eigenvalue weighted by Gasteiger charge is 2.33. The Balaban J connectivity index is 5.88. The quantitative estimate of drug-likeness (QED) is 0.0898. The Hall–Kier alpha value is -3.75. The molecule has 0 heterocycles. The van der Waals surface area contributed by atoms with Crippen LogP contribution in [0.4, 0.5) is 0 Å². The van der Waals surface area contributed by atoms with Crippen molar-refractivity contribution in [2.75, 3.05) is 0 Å². The van der Waals surface area contributed by atoms with Gasteiger partial charge in [0.25, 0.3) is 0 Å². The molecule has 0 bridgehead atoms. The summed E-state index contributed by atoms with van der Waals surface area (Å²) in [6, 6.07) is -6.32. The van der Waals surface area contributed by atoms with Gasteiger partial charge in [0.15, 0.2) is 0 Å². The van der Waals surface area contributed by atoms with Crippen molar-refractivity contribution in [1.29, 1.82) is 0 Å². The van der Waals surface area contributed by atoms with Gasteiger partial charge in [0.05, 0.1) is 12.5 Å². The third-order valence-electron chi connectivity index (χ3n) is 5.95. The van der Waals surface area contributed by atoms with Gasteiger partial charge < -0.3 is 42.9 Å². The summed E-state index contributed by atoms with van der Waals surface area (Å²) in [5.41, 5.74) is 10.8. The molecule has 15 heteroatoms. The first-order valence-corrected chi connectivity index (χ1v) is 13.6. The monoisotopic (exact) mass is 586 g/mol. The number of carbonyl (C=O) groups excluding carboxylic acids is 5. The fourth-order valence-corrected chi connectivity index (χ4v) is 3.83. The second-order valence-corrected chi connectivity index (χ2v) is 11.2. The van der Waals surface area contributed by atoms with Crippen LogP contribution in [0.2, 0.25) is 0 Å². The van der Waals surface area contributed by atoms with Crippen molar-refractivity contribution in [2.45, 2.75) is 104 Å². The average Bonchev–Trinajstić information content (AvgIpc) is 2.82. The van der Waals surface area contributed by atoms with E-state index in [-0.39, 0.29) is 37.5 Å². The van der Waals surface area contributed by atoms with E-state index in [1.165, 1.54) is 0 Å². The van der Waals surface area contributed by atoms with Gasteiger partial charge in [-0.05, 0) is 37.0 Å². The van der Waals surface area contributed by atoms with Crippen LogP contribution >= 0.6 is 0 Å². The predicted octanol–water partition coefficient (Wildman–Crippen LogP) is -1.17. The van der Waals surface area contributed by atoms with E-state index in [1.54, 1.807) is 41.5 Å². The lowest BCUT2D eigenvalue weighted by Crippen LogP contribution is -2.59. The number of carboxylic acids is 2. The minimum Gasteiger partial charge on any atom is -0.481 e. The first-order valence-electron chi connectivity index (χ1n) is 13.6. The van der Waals surface area contributed by atoms with Crippen molar-refractivity contribution in [3.8, 4) is 0 Å². The Bertz CT molecular complexity index is 954. The number of hydrogen-bond acceptors (Lipinski definition) is 8. The lowest BCUT2D eigenvalue weighted by atomic mass is 9.99. The molecule has 15 nitrogen and oxygen atoms in total. The molecular formula is C26H46N6O9. The Kier molecular flexibility index (Phi) is 16.2. The molecule has 0 spiro atoms. The van der Waals surface area contributed by atoms with Crippen molar-refractivity contribution >= 4 is 41.5 Å². The molecule has 5 atom stereocenters. The molecule has 0 rings (SSSR count). The molecule has 0 aliphatic heterocycles. The number of hydrogen-bond donors (Lipinski definition) is 8. The summed E-state index contributed by atoms with van der Waals surface area (Å²) in [7, 11) is 0. The van der Waals surface area contributed by atoms with Gasteiger partial charge in [0, 0.05) is 6.42 Å². The molecule has 10 N–H and O–H groups in total. The second-order valence-electron chi connectivity index (χ2n) is 11.2. The molecule has 0 fully saturated rings. The highest BCUT2D eigenvalue weighted by Crippen LogP contribution is 2.10. The number of nitrogens with two attached hydrogens (primary N) is 2. The van der Waals surface area contributed by atoms with E-state index in [2.05, 4.69) is 21.3 Å². The maximum atomic E-state index is 13.3. The van der Waals surface area contributed by atoms with E-state index >= 15 is 0 Å². The number of aliphatic carboxylic acids is 2. The fraction of sp³-hybridized carbons (Fsp3) is 0.731. The minimum absolute atomic E-state index is 0.0326. The van der Waals surface area contributed by atoms with Gasteiger partial charge in [0.2, 0.25) is 29.5 Å². The van der Waals surface area contributed by atoms with Gasteiger partial charge in [-0.1, -0.05) is 41.5 Å². The van der Waals surface area contributed by atoms with Crippen molar-refractivity contribution in [1.82, 2.24) is 21.3 Å². The van der Waals surface area contributed by atoms with Crippen LogP contribution < -0.4 is 32.7 Å². The Morgan fingerprint density at radius 2 is 1.12 bits per heavy atom. The van der Waals surface area contributed by atoms with E-state index in [4.69, 9.17) is 16.6 Å². The van der Waals surface area contributed by atoms with Crippen LogP contribution in [0, 0.1) is 17.8 Å². The molecule has 234 valence electrons. The molecule has 5 amide bonds. The van der Waals surface area contributed by atoms with Crippen LogP contribution in [0.25, 0.3) is 0 Å². The van der Waals surface area contributed by atoms with Gasteiger partial charge in [0.1, 0.15) is 24.2 Å². The van der Waals surface area contributed by atoms with E-state index in [1.807, 2.05) is 0 Å². The highest BCUT2D eigenvalue weighted by atomic mass is 16.4. The summed E-state index contributed by atoms with van der Waals surface area (Å²) in [5, 5.41) is 28.2. The number of carbonyl (C=O) groups is 7. The molecule has 41 heavy (non-hydrogen) atoms. The lowest BCUT2D eigenvalue weighted by molar-refractivity contribution is -0.143. The van der Waals surface area contributed by atoms with Gasteiger partial charge in [-0.25, -0.2) is 4.79 Å². The number of primary amides is 1. The number of rotatable bonds is 19. The molecule has 0 radical (unpaired) electrons. The number of amides is 5. The van der Waals surface area contributed by atoms with Crippen LogP contribution in [0.1, 0.15) is 73.6 Å². The fourth-order valence-electron chi connectivity index (χ4n) is 3.83. The summed E-state index contributed by atoms with van der Waals surface area (Å²) in [5.74, 6) is -7.15. The molecule has 0 saturated heterocycles. The first-order chi connectivity index (χ1) is 18.8. The summed E-state index contributed by atoms with van der Waals surface area (Å²) in [6.07, 6.45) is -0.909. The minimum atomic E-state index is -1.42. The molecule has 5 unspecified atom stereocenters. The first kappa shape index (κ1) is 37.2. The van der Waals surface area contributed by atoms with Crippen LogP contribution in [-0.4, -0.2) is 81.9 Å². The third-order valence-corrected chi connectivity index (χ3v) is 5.95. The van der Waals surface area contributed by atoms with E-state index < -0.39 is 84.0 Å². The number of carboxylic acid groups (broad SMARTS) is 2. The van der Waals surface area contributed by atoms with Gasteiger partial charge in [-0.15, -0.1) is 0 Å². The smallest absolute Gasteiger partial charge is 0.326 e. The summed E-state index contributed by atoms with van der Waals surface area (Å²) >= 11 is 0. The summed E-state index contributed by atoms with van der Waals surface area (Å²) < 4.78 is 0.